The van der Waals surface area contributed by atoms with Crippen LogP contribution in [0.2, 0.25) is 0 Å². The lowest BCUT2D eigenvalue weighted by Crippen LogP contribution is -2.13. The topological polar surface area (TPSA) is 110 Å². The van der Waals surface area contributed by atoms with Crippen molar-refractivity contribution in [2.24, 2.45) is 0 Å². The van der Waals surface area contributed by atoms with Crippen LogP contribution in [-0.2, 0) is 23.9 Å². The molecular weight excluding hydrogens is 496 g/mol. The van der Waals surface area contributed by atoms with Crippen molar-refractivity contribution in [2.45, 2.75) is 143 Å². The van der Waals surface area contributed by atoms with Crippen molar-refractivity contribution in [2.75, 3.05) is 6.61 Å². The van der Waals surface area contributed by atoms with Gasteiger partial charge in [0.25, 0.3) is 0 Å². The van der Waals surface area contributed by atoms with Crippen LogP contribution < -0.4 is 0 Å². The molecule has 39 heavy (non-hydrogen) atoms. The maximum Gasteiger partial charge on any atom is 0.335 e. The van der Waals surface area contributed by atoms with Crippen LogP contribution in [0.5, 0.6) is 0 Å². The third-order valence-corrected chi connectivity index (χ3v) is 6.14. The molecule has 0 aliphatic carbocycles. The van der Waals surface area contributed by atoms with Gasteiger partial charge < -0.3 is 19.7 Å². The van der Waals surface area contributed by atoms with Gasteiger partial charge in [-0.3, -0.25) is 0 Å². The van der Waals surface area contributed by atoms with E-state index < -0.39 is 24.2 Å². The molecule has 0 saturated carbocycles. The van der Waals surface area contributed by atoms with Gasteiger partial charge in [-0.2, -0.15) is 0 Å². The van der Waals surface area contributed by atoms with Crippen molar-refractivity contribution in [3.63, 3.8) is 0 Å². The van der Waals surface area contributed by atoms with Crippen LogP contribution in [0.3, 0.4) is 0 Å². The number of unbranched alkanes of at least 4 members (excludes halogenated alkanes) is 15. The second-order valence-electron chi connectivity index (χ2n) is 10.2. The van der Waals surface area contributed by atoms with Crippen LogP contribution >= 0.6 is 0 Å². The highest BCUT2D eigenvalue weighted by atomic mass is 16.6. The first-order valence-corrected chi connectivity index (χ1v) is 14.8. The van der Waals surface area contributed by atoms with E-state index in [1.807, 2.05) is 0 Å². The van der Waals surface area contributed by atoms with E-state index in [9.17, 15) is 14.4 Å². The lowest BCUT2D eigenvalue weighted by atomic mass is 10.0. The number of carbonyl (C=O) groups is 3. The number of carboxylic acid groups (broad SMARTS) is 1. The van der Waals surface area contributed by atoms with Crippen molar-refractivity contribution >= 4 is 17.9 Å². The van der Waals surface area contributed by atoms with Gasteiger partial charge in [-0.1, -0.05) is 122 Å². The Morgan fingerprint density at radius 3 is 1.49 bits per heavy atom. The number of aliphatic carboxylic acids is 1. The molecule has 0 bridgehead atoms. The predicted molar refractivity (Wildman–Crippen MR) is 158 cm³/mol. The predicted octanol–water partition coefficient (Wildman–Crippen LogP) is 8.21. The van der Waals surface area contributed by atoms with Crippen molar-refractivity contribution in [3.8, 4) is 0 Å². The molecule has 1 atom stereocenters. The number of ether oxygens (including phenoxy) is 2. The lowest BCUT2D eigenvalue weighted by molar-refractivity contribution is -0.159. The minimum atomic E-state index is -1.05. The third-order valence-electron chi connectivity index (χ3n) is 6.14. The van der Waals surface area contributed by atoms with E-state index in [-0.39, 0.29) is 17.6 Å². The molecule has 0 fully saturated rings. The molecule has 1 unspecified atom stereocenters. The van der Waals surface area contributed by atoms with E-state index >= 15 is 0 Å². The largest absolute Gasteiger partial charge is 0.478 e. The molecule has 0 radical (unpaired) electrons. The molecule has 7 nitrogen and oxygen atoms in total. The molecule has 7 heteroatoms. The fraction of sp³-hybridized carbons (Fsp3) is 0.719. The highest BCUT2D eigenvalue weighted by molar-refractivity contribution is 5.89. The number of hydrogen-bond acceptors (Lipinski definition) is 6. The summed E-state index contributed by atoms with van der Waals surface area (Å²) in [5.74, 6) is -1.97. The van der Waals surface area contributed by atoms with E-state index in [2.05, 4.69) is 24.8 Å². The molecule has 0 aliphatic heterocycles. The van der Waals surface area contributed by atoms with Crippen LogP contribution in [0.4, 0.5) is 0 Å². The number of rotatable bonds is 23. The van der Waals surface area contributed by atoms with E-state index in [0.717, 1.165) is 12.8 Å². The van der Waals surface area contributed by atoms with Gasteiger partial charge in [0.15, 0.2) is 6.29 Å². The summed E-state index contributed by atoms with van der Waals surface area (Å²) < 4.78 is 9.53. The molecule has 0 saturated heterocycles. The van der Waals surface area contributed by atoms with Gasteiger partial charge in [-0.15, -0.1) is 0 Å². The molecule has 0 aliphatic rings. The maximum atomic E-state index is 11.8. The van der Waals surface area contributed by atoms with E-state index in [1.165, 1.54) is 117 Å². The Balaban J connectivity index is 0. The first kappa shape index (κ1) is 38.7. The average molecular weight is 553 g/mol. The lowest BCUT2D eigenvalue weighted by Gasteiger charge is -2.06. The summed E-state index contributed by atoms with van der Waals surface area (Å²) in [4.78, 5) is 33.0. The summed E-state index contributed by atoms with van der Waals surface area (Å²) in [7, 11) is 0. The summed E-state index contributed by atoms with van der Waals surface area (Å²) >= 11 is 0. The molecule has 0 spiro atoms. The van der Waals surface area contributed by atoms with Crippen molar-refractivity contribution in [1.82, 2.24) is 0 Å². The van der Waals surface area contributed by atoms with Gasteiger partial charge in [0.2, 0.25) is 0 Å². The summed E-state index contributed by atoms with van der Waals surface area (Å²) in [5, 5.41) is 17.3. The quantitative estimate of drug-likeness (QED) is 0.0568. The van der Waals surface area contributed by atoms with E-state index in [4.69, 9.17) is 14.9 Å². The average Bonchev–Trinajstić information content (AvgIpc) is 2.88. The third kappa shape index (κ3) is 28.4. The zero-order valence-electron chi connectivity index (χ0n) is 25.2. The molecule has 226 valence electrons. The summed E-state index contributed by atoms with van der Waals surface area (Å²) in [6.45, 7) is 14.1. The number of aliphatic hydroxyl groups excluding tert-OH is 1. The molecule has 0 aromatic rings. The molecule has 0 aromatic carbocycles. The summed E-state index contributed by atoms with van der Waals surface area (Å²) in [5.41, 5.74) is 0.796. The normalized spacial score (nSPS) is 11.7. The molecule has 0 amide bonds. The Morgan fingerprint density at radius 2 is 1.15 bits per heavy atom. The fourth-order valence-corrected chi connectivity index (χ4v) is 3.62. The molecular formula is C32H56O7. The molecule has 0 rings (SSSR count). The van der Waals surface area contributed by atoms with Gasteiger partial charge in [-0.25, -0.2) is 14.4 Å². The summed E-state index contributed by atoms with van der Waals surface area (Å²) in [6.07, 6.45) is 21.7. The van der Waals surface area contributed by atoms with Crippen LogP contribution in [-0.4, -0.2) is 41.0 Å². The number of hydrogen-bond donors (Lipinski definition) is 2. The van der Waals surface area contributed by atoms with Gasteiger partial charge in [-0.05, 0) is 33.6 Å². The van der Waals surface area contributed by atoms with Gasteiger partial charge in [0, 0.05) is 16.7 Å². The summed E-state index contributed by atoms with van der Waals surface area (Å²) in [6, 6.07) is 0. The minimum absolute atomic E-state index is 0.210. The van der Waals surface area contributed by atoms with E-state index in [0.29, 0.717) is 12.2 Å². The second-order valence-corrected chi connectivity index (χ2v) is 10.2. The number of allylic oxidation sites excluding steroid dienone is 1. The first-order valence-electron chi connectivity index (χ1n) is 14.8. The van der Waals surface area contributed by atoms with Gasteiger partial charge in [0.05, 0.1) is 6.61 Å². The Kier molecular flexibility index (Phi) is 27.0. The number of aliphatic hydroxyl groups is 1. The van der Waals surface area contributed by atoms with E-state index in [1.54, 1.807) is 0 Å². The Hall–Kier alpha value is -2.41. The van der Waals surface area contributed by atoms with Crippen LogP contribution in [0.15, 0.2) is 36.0 Å². The Labute approximate surface area is 237 Å². The van der Waals surface area contributed by atoms with Gasteiger partial charge >= 0.3 is 17.9 Å². The van der Waals surface area contributed by atoms with Gasteiger partial charge in [0.1, 0.15) is 0 Å². The number of esters is 2. The highest BCUT2D eigenvalue weighted by Crippen LogP contribution is 2.14. The van der Waals surface area contributed by atoms with Crippen LogP contribution in [0.1, 0.15) is 137 Å². The monoisotopic (exact) mass is 552 g/mol. The Morgan fingerprint density at radius 1 is 0.744 bits per heavy atom. The maximum absolute atomic E-state index is 11.8. The van der Waals surface area contributed by atoms with Crippen molar-refractivity contribution < 1.29 is 34.1 Å². The SMILES string of the molecule is C=C(C)C(=O)OC(C)O.C=C(CC=C(C)C(=O)O)C(=O)OCCCCCCCCCCCCCCCCCC. The fourth-order valence-electron chi connectivity index (χ4n) is 3.62. The van der Waals surface area contributed by atoms with Crippen molar-refractivity contribution in [3.05, 3.63) is 36.0 Å². The zero-order chi connectivity index (χ0) is 29.9. The number of carboxylic acids is 1. The first-order chi connectivity index (χ1) is 18.5. The van der Waals surface area contributed by atoms with Crippen LogP contribution in [0, 0.1) is 0 Å². The smallest absolute Gasteiger partial charge is 0.335 e. The number of carbonyl (C=O) groups excluding carboxylic acids is 2. The second kappa shape index (κ2) is 27.2. The zero-order valence-corrected chi connectivity index (χ0v) is 25.2. The molecule has 2 N–H and O–H groups in total. The standard InChI is InChI=1S/C26H46O4.C6H10O3/c1-4-5-6-7-8-9-10-11-12-13-14-15-16-17-18-19-22-30-26(29)24(3)21-20-23(2)25(27)28;1-4(2)6(8)9-5(3)7/h20H,3-19,21-22H2,1-2H3,(H,27,28);5,7H,1H2,2-3H3. The molecule has 0 heterocycles. The van der Waals surface area contributed by atoms with Crippen molar-refractivity contribution in [1.29, 1.82) is 0 Å². The Bertz CT molecular complexity index is 722. The van der Waals surface area contributed by atoms with Crippen LogP contribution in [0.25, 0.3) is 0 Å². The highest BCUT2D eigenvalue weighted by Gasteiger charge is 2.08. The molecule has 0 aromatic heterocycles. The minimum Gasteiger partial charge on any atom is -0.478 e.